The molecule has 2 amide bonds. The number of aliphatic hydroxyl groups is 1. The molecule has 23 heavy (non-hydrogen) atoms. The predicted octanol–water partition coefficient (Wildman–Crippen LogP) is 0.675. The maximum absolute atomic E-state index is 12.2. The van der Waals surface area contributed by atoms with Gasteiger partial charge in [-0.25, -0.2) is 5.32 Å². The molecule has 1 atom stereocenters. The van der Waals surface area contributed by atoms with Crippen LogP contribution in [0.5, 0.6) is 0 Å². The van der Waals surface area contributed by atoms with E-state index in [2.05, 4.69) is 10.6 Å². The zero-order valence-corrected chi connectivity index (χ0v) is 12.6. The first-order chi connectivity index (χ1) is 11.0. The van der Waals surface area contributed by atoms with Gasteiger partial charge in [-0.3, -0.25) is 9.59 Å². The summed E-state index contributed by atoms with van der Waals surface area (Å²) < 4.78 is 0. The van der Waals surface area contributed by atoms with Gasteiger partial charge in [0.25, 0.3) is 11.8 Å². The molecule has 2 aromatic carbocycles. The highest BCUT2D eigenvalue weighted by Crippen LogP contribution is 2.20. The lowest BCUT2D eigenvalue weighted by Crippen LogP contribution is -2.34. The number of fused-ring (bicyclic) bond motifs is 1. The Morgan fingerprint density at radius 3 is 2.65 bits per heavy atom. The Balaban J connectivity index is 1.89. The van der Waals surface area contributed by atoms with Crippen molar-refractivity contribution in [1.82, 2.24) is 5.32 Å². The number of hydrogen-bond acceptors (Lipinski definition) is 3. The van der Waals surface area contributed by atoms with Crippen molar-refractivity contribution < 1.29 is 14.7 Å². The summed E-state index contributed by atoms with van der Waals surface area (Å²) in [6.07, 6.45) is 1.47. The standard InChI is InChI=1S/C17H12ClN2O3/c18-13-6-12-9-19-15(21)8-11(12)7-14(13)20-17(23)16(22)10-4-2-1-3-5-10/h1-9,16,22H,(H,20,23)/t16-/m1/s1. The number of rotatable bonds is 3. The molecule has 0 aromatic heterocycles. The summed E-state index contributed by atoms with van der Waals surface area (Å²) in [7, 11) is 0. The molecule has 5 nitrogen and oxygen atoms in total. The maximum atomic E-state index is 12.2. The number of hydrogen-bond donors (Lipinski definition) is 2. The van der Waals surface area contributed by atoms with Gasteiger partial charge in [-0.05, 0) is 22.9 Å². The van der Waals surface area contributed by atoms with Crippen LogP contribution in [0.25, 0.3) is 12.3 Å². The molecule has 1 aliphatic heterocycles. The van der Waals surface area contributed by atoms with E-state index in [0.29, 0.717) is 26.7 Å². The monoisotopic (exact) mass is 327 g/mol. The SMILES string of the molecule is O=C1C=c2cc(NC(=O)[C@H](O)c3ccccc3)c(Cl)cc2=C[N]1. The molecule has 0 spiro atoms. The molecule has 0 bridgehead atoms. The van der Waals surface area contributed by atoms with Gasteiger partial charge in [-0.1, -0.05) is 41.9 Å². The van der Waals surface area contributed by atoms with E-state index >= 15 is 0 Å². The third-order valence-corrected chi connectivity index (χ3v) is 3.72. The van der Waals surface area contributed by atoms with Crippen molar-refractivity contribution in [2.45, 2.75) is 6.10 Å². The molecule has 1 radical (unpaired) electrons. The van der Waals surface area contributed by atoms with Gasteiger partial charge >= 0.3 is 0 Å². The molecule has 0 saturated carbocycles. The third-order valence-electron chi connectivity index (χ3n) is 3.40. The minimum Gasteiger partial charge on any atom is -0.378 e. The number of carbonyl (C=O) groups excluding carboxylic acids is 2. The number of nitrogens with zero attached hydrogens (tertiary/aromatic N) is 1. The first-order valence-electron chi connectivity index (χ1n) is 6.85. The van der Waals surface area contributed by atoms with Crippen molar-refractivity contribution in [3.8, 4) is 0 Å². The molecule has 115 valence electrons. The summed E-state index contributed by atoms with van der Waals surface area (Å²) in [5, 5.41) is 17.9. The minimum absolute atomic E-state index is 0.298. The first-order valence-corrected chi connectivity index (χ1v) is 7.22. The fourth-order valence-corrected chi connectivity index (χ4v) is 2.45. The summed E-state index contributed by atoms with van der Waals surface area (Å²) in [5.41, 5.74) is 0.803. The number of carbonyl (C=O) groups is 2. The number of halogens is 1. The highest BCUT2D eigenvalue weighted by molar-refractivity contribution is 6.33. The molecule has 0 aliphatic carbocycles. The Morgan fingerprint density at radius 1 is 1.17 bits per heavy atom. The van der Waals surface area contributed by atoms with Gasteiger partial charge < -0.3 is 10.4 Å². The lowest BCUT2D eigenvalue weighted by Gasteiger charge is -2.13. The van der Waals surface area contributed by atoms with Crippen LogP contribution >= 0.6 is 11.6 Å². The number of anilines is 1. The van der Waals surface area contributed by atoms with Gasteiger partial charge in [-0.15, -0.1) is 0 Å². The largest absolute Gasteiger partial charge is 0.378 e. The molecule has 1 heterocycles. The van der Waals surface area contributed by atoms with Crippen molar-refractivity contribution in [2.24, 2.45) is 0 Å². The second-order valence-electron chi connectivity index (χ2n) is 5.00. The van der Waals surface area contributed by atoms with Crippen molar-refractivity contribution in [3.05, 3.63) is 63.5 Å². The first kappa shape index (κ1) is 15.3. The molecule has 6 heteroatoms. The van der Waals surface area contributed by atoms with Crippen LogP contribution in [0.15, 0.2) is 42.5 Å². The quantitative estimate of drug-likeness (QED) is 0.869. The van der Waals surface area contributed by atoms with E-state index in [1.165, 1.54) is 12.3 Å². The van der Waals surface area contributed by atoms with Gasteiger partial charge in [0.1, 0.15) is 0 Å². The van der Waals surface area contributed by atoms with E-state index in [4.69, 9.17) is 11.6 Å². The van der Waals surface area contributed by atoms with Crippen molar-refractivity contribution >= 4 is 41.4 Å². The van der Waals surface area contributed by atoms with Crippen LogP contribution < -0.4 is 21.1 Å². The molecule has 3 rings (SSSR count). The molecule has 1 aliphatic rings. The number of amides is 2. The van der Waals surface area contributed by atoms with E-state index in [-0.39, 0.29) is 5.91 Å². The summed E-state index contributed by atoms with van der Waals surface area (Å²) >= 11 is 6.14. The van der Waals surface area contributed by atoms with Crippen LogP contribution in [0.3, 0.4) is 0 Å². The molecule has 2 aromatic rings. The van der Waals surface area contributed by atoms with Gasteiger partial charge in [-0.2, -0.15) is 0 Å². The average molecular weight is 328 g/mol. The Labute approximate surface area is 136 Å². The second kappa shape index (κ2) is 6.24. The van der Waals surface area contributed by atoms with Gasteiger partial charge in [0.2, 0.25) is 0 Å². The topological polar surface area (TPSA) is 80.5 Å². The summed E-state index contributed by atoms with van der Waals surface area (Å²) in [6, 6.07) is 11.8. The molecular weight excluding hydrogens is 316 g/mol. The van der Waals surface area contributed by atoms with E-state index in [1.54, 1.807) is 42.5 Å². The van der Waals surface area contributed by atoms with E-state index in [0.717, 1.165) is 0 Å². The van der Waals surface area contributed by atoms with E-state index < -0.39 is 12.0 Å². The Hall–Kier alpha value is -2.63. The smallest absolute Gasteiger partial charge is 0.270 e. The molecule has 0 fully saturated rings. The highest BCUT2D eigenvalue weighted by atomic mass is 35.5. The number of aliphatic hydroxyl groups excluding tert-OH is 1. The van der Waals surface area contributed by atoms with E-state index in [1.807, 2.05) is 0 Å². The second-order valence-corrected chi connectivity index (χ2v) is 5.41. The predicted molar refractivity (Wildman–Crippen MR) is 86.8 cm³/mol. The van der Waals surface area contributed by atoms with Crippen molar-refractivity contribution in [3.63, 3.8) is 0 Å². The van der Waals surface area contributed by atoms with Crippen LogP contribution in [0.2, 0.25) is 5.02 Å². The van der Waals surface area contributed by atoms with Crippen LogP contribution in [0.4, 0.5) is 5.69 Å². The normalized spacial score (nSPS) is 13.9. The van der Waals surface area contributed by atoms with E-state index in [9.17, 15) is 14.7 Å². The zero-order chi connectivity index (χ0) is 16.4. The molecule has 0 unspecified atom stereocenters. The van der Waals surface area contributed by atoms with Crippen LogP contribution in [-0.2, 0) is 9.59 Å². The van der Waals surface area contributed by atoms with Gasteiger partial charge in [0, 0.05) is 17.5 Å². The van der Waals surface area contributed by atoms with Crippen LogP contribution in [0, 0.1) is 0 Å². The Kier molecular flexibility index (Phi) is 4.14. The fraction of sp³-hybridized carbons (Fsp3) is 0.0588. The fourth-order valence-electron chi connectivity index (χ4n) is 2.23. The molecule has 2 N–H and O–H groups in total. The maximum Gasteiger partial charge on any atom is 0.270 e. The number of nitrogens with one attached hydrogen (secondary N) is 1. The zero-order valence-electron chi connectivity index (χ0n) is 11.9. The summed E-state index contributed by atoms with van der Waals surface area (Å²) in [6.45, 7) is 0. The summed E-state index contributed by atoms with van der Waals surface area (Å²) in [4.78, 5) is 23.5. The Morgan fingerprint density at radius 2 is 1.91 bits per heavy atom. The molecule has 0 saturated heterocycles. The van der Waals surface area contributed by atoms with Crippen molar-refractivity contribution in [1.29, 1.82) is 0 Å². The third kappa shape index (κ3) is 3.26. The Bertz CT molecular complexity index is 894. The summed E-state index contributed by atoms with van der Waals surface area (Å²) in [5.74, 6) is -0.977. The van der Waals surface area contributed by atoms with Crippen LogP contribution in [-0.4, -0.2) is 16.9 Å². The van der Waals surface area contributed by atoms with Gasteiger partial charge in [0.05, 0.1) is 10.7 Å². The lowest BCUT2D eigenvalue weighted by molar-refractivity contribution is -0.124. The lowest BCUT2D eigenvalue weighted by atomic mass is 10.1. The van der Waals surface area contributed by atoms with Crippen LogP contribution in [0.1, 0.15) is 11.7 Å². The average Bonchev–Trinajstić information content (AvgIpc) is 2.56. The minimum atomic E-state index is -1.31. The van der Waals surface area contributed by atoms with Gasteiger partial charge in [0.15, 0.2) is 6.10 Å². The highest BCUT2D eigenvalue weighted by Gasteiger charge is 2.18. The molecular formula is C17H12ClN2O3. The van der Waals surface area contributed by atoms with Crippen molar-refractivity contribution in [2.75, 3.05) is 5.32 Å². The number of benzene rings is 2.